The fourth-order valence-corrected chi connectivity index (χ4v) is 2.72. The average molecular weight is 358 g/mol. The fourth-order valence-electron chi connectivity index (χ4n) is 2.72. The van der Waals surface area contributed by atoms with Crippen LogP contribution in [0.25, 0.3) is 0 Å². The maximum absolute atomic E-state index is 12.6. The second-order valence-corrected chi connectivity index (χ2v) is 5.76. The summed E-state index contributed by atoms with van der Waals surface area (Å²) in [6.07, 6.45) is 1.90. The van der Waals surface area contributed by atoms with E-state index in [2.05, 4.69) is 4.99 Å². The Hall–Kier alpha value is -2.59. The van der Waals surface area contributed by atoms with Gasteiger partial charge in [0.2, 0.25) is 0 Å². The van der Waals surface area contributed by atoms with Crippen molar-refractivity contribution in [3.63, 3.8) is 0 Å². The summed E-state index contributed by atoms with van der Waals surface area (Å²) < 4.78 is 5.00. The van der Waals surface area contributed by atoms with Gasteiger partial charge >= 0.3 is 5.97 Å². The molecule has 0 aromatic carbocycles. The standard InChI is InChI=1S/C14H26N6O5/c1-2-25-13(22)10-5-4-8-19(9-10)12(21)11(18-20(23)24)6-3-7-17-14(15)16/h10-11,18H,2-9H2,1H3,(H4,15,16,17)/t10?,11-/m0/s1. The summed E-state index contributed by atoms with van der Waals surface area (Å²) in [6, 6.07) is -0.995. The minimum atomic E-state index is -0.995. The highest BCUT2D eigenvalue weighted by molar-refractivity contribution is 5.83. The molecule has 1 fully saturated rings. The Balaban J connectivity index is 2.66. The van der Waals surface area contributed by atoms with Crippen molar-refractivity contribution in [3.05, 3.63) is 10.1 Å². The van der Waals surface area contributed by atoms with Crippen molar-refractivity contribution in [2.24, 2.45) is 22.4 Å². The Labute approximate surface area is 145 Å². The van der Waals surface area contributed by atoms with Gasteiger partial charge in [0.1, 0.15) is 0 Å². The zero-order chi connectivity index (χ0) is 18.8. The van der Waals surface area contributed by atoms with Crippen molar-refractivity contribution in [2.45, 2.75) is 38.6 Å². The van der Waals surface area contributed by atoms with Crippen molar-refractivity contribution >= 4 is 17.8 Å². The summed E-state index contributed by atoms with van der Waals surface area (Å²) in [4.78, 5) is 40.5. The number of amides is 1. The van der Waals surface area contributed by atoms with Crippen LogP contribution >= 0.6 is 0 Å². The van der Waals surface area contributed by atoms with Crippen LogP contribution in [0.4, 0.5) is 0 Å². The van der Waals surface area contributed by atoms with Gasteiger partial charge in [0.15, 0.2) is 17.0 Å². The zero-order valence-electron chi connectivity index (χ0n) is 14.3. The van der Waals surface area contributed by atoms with Crippen LogP contribution < -0.4 is 16.9 Å². The number of nitrogens with zero attached hydrogens (tertiary/aromatic N) is 3. The van der Waals surface area contributed by atoms with E-state index in [-0.39, 0.29) is 38.0 Å². The fraction of sp³-hybridized carbons (Fsp3) is 0.786. The molecule has 0 aliphatic carbocycles. The summed E-state index contributed by atoms with van der Waals surface area (Å²) in [5.41, 5.74) is 12.5. The van der Waals surface area contributed by atoms with Gasteiger partial charge in [0.25, 0.3) is 5.91 Å². The smallest absolute Gasteiger partial charge is 0.310 e. The first-order valence-electron chi connectivity index (χ1n) is 8.26. The lowest BCUT2D eigenvalue weighted by molar-refractivity contribution is -0.548. The van der Waals surface area contributed by atoms with Crippen LogP contribution in [0.1, 0.15) is 32.6 Å². The van der Waals surface area contributed by atoms with E-state index in [1.165, 1.54) is 4.90 Å². The van der Waals surface area contributed by atoms with Gasteiger partial charge in [-0.1, -0.05) is 0 Å². The molecule has 0 saturated carbocycles. The van der Waals surface area contributed by atoms with Crippen LogP contribution in [-0.2, 0) is 14.3 Å². The first kappa shape index (κ1) is 20.5. The molecule has 11 heteroatoms. The number of carbonyl (C=O) groups excluding carboxylic acids is 2. The number of hydrogen-bond acceptors (Lipinski definition) is 6. The highest BCUT2D eigenvalue weighted by Crippen LogP contribution is 2.19. The SMILES string of the molecule is CCOC(=O)C1CCCN(C(=O)[C@H](CCCN=C(N)N)N[N+](=O)[O-])C1. The van der Waals surface area contributed by atoms with Gasteiger partial charge in [-0.25, -0.2) is 10.1 Å². The quantitative estimate of drug-likeness (QED) is 0.118. The van der Waals surface area contributed by atoms with Crippen molar-refractivity contribution < 1.29 is 19.4 Å². The van der Waals surface area contributed by atoms with Crippen LogP contribution in [0.3, 0.4) is 0 Å². The van der Waals surface area contributed by atoms with Gasteiger partial charge in [0, 0.05) is 19.6 Å². The molecule has 1 unspecified atom stereocenters. The summed E-state index contributed by atoms with van der Waals surface area (Å²) in [6.45, 7) is 2.94. The molecule has 1 aliphatic rings. The number of rotatable bonds is 9. The van der Waals surface area contributed by atoms with E-state index in [1.54, 1.807) is 6.92 Å². The molecular formula is C14H26N6O5. The highest BCUT2D eigenvalue weighted by atomic mass is 16.7. The molecule has 1 heterocycles. The molecule has 25 heavy (non-hydrogen) atoms. The van der Waals surface area contributed by atoms with Gasteiger partial charge in [-0.05, 0) is 32.6 Å². The third-order valence-corrected chi connectivity index (χ3v) is 3.86. The van der Waals surface area contributed by atoms with E-state index in [1.807, 2.05) is 5.43 Å². The summed E-state index contributed by atoms with van der Waals surface area (Å²) in [5.74, 6) is -1.21. The Bertz CT molecular complexity index is 508. The molecule has 11 nitrogen and oxygen atoms in total. The van der Waals surface area contributed by atoms with E-state index in [9.17, 15) is 19.7 Å². The lowest BCUT2D eigenvalue weighted by Gasteiger charge is -2.33. The van der Waals surface area contributed by atoms with Crippen LogP contribution in [0, 0.1) is 16.0 Å². The Kier molecular flexibility index (Phi) is 8.44. The minimum absolute atomic E-state index is 0.0709. The number of nitro groups is 1. The van der Waals surface area contributed by atoms with Crippen LogP contribution in [0.5, 0.6) is 0 Å². The maximum atomic E-state index is 12.6. The molecule has 0 bridgehead atoms. The zero-order valence-corrected chi connectivity index (χ0v) is 14.3. The number of ether oxygens (including phenoxy) is 1. The van der Waals surface area contributed by atoms with E-state index in [0.717, 1.165) is 0 Å². The Morgan fingerprint density at radius 1 is 1.48 bits per heavy atom. The Morgan fingerprint density at radius 2 is 2.20 bits per heavy atom. The molecule has 0 aromatic heterocycles. The van der Waals surface area contributed by atoms with Gasteiger partial charge in [-0.15, -0.1) is 5.43 Å². The number of hydrazine groups is 1. The molecule has 0 radical (unpaired) electrons. The number of aliphatic imine (C=N–C) groups is 1. The topological polar surface area (TPSA) is 166 Å². The second-order valence-electron chi connectivity index (χ2n) is 5.76. The Morgan fingerprint density at radius 3 is 2.80 bits per heavy atom. The van der Waals surface area contributed by atoms with E-state index in [0.29, 0.717) is 25.8 Å². The number of likely N-dealkylation sites (tertiary alicyclic amines) is 1. The van der Waals surface area contributed by atoms with E-state index >= 15 is 0 Å². The van der Waals surface area contributed by atoms with Crippen LogP contribution in [0.15, 0.2) is 4.99 Å². The molecule has 2 atom stereocenters. The van der Waals surface area contributed by atoms with E-state index < -0.39 is 22.9 Å². The number of hydrogen-bond donors (Lipinski definition) is 3. The molecule has 142 valence electrons. The van der Waals surface area contributed by atoms with Crippen LogP contribution in [0.2, 0.25) is 0 Å². The van der Waals surface area contributed by atoms with Gasteiger partial charge in [-0.2, -0.15) is 0 Å². The minimum Gasteiger partial charge on any atom is -0.466 e. The van der Waals surface area contributed by atoms with Crippen molar-refractivity contribution in [3.8, 4) is 0 Å². The number of nitrogens with two attached hydrogens (primary N) is 2. The lowest BCUT2D eigenvalue weighted by Crippen LogP contribution is -2.52. The molecule has 1 amide bonds. The van der Waals surface area contributed by atoms with Crippen molar-refractivity contribution in [1.82, 2.24) is 10.3 Å². The molecule has 0 spiro atoms. The maximum Gasteiger partial charge on any atom is 0.310 e. The molecular weight excluding hydrogens is 332 g/mol. The summed E-state index contributed by atoms with van der Waals surface area (Å²) >= 11 is 0. The normalized spacial score (nSPS) is 18.1. The molecule has 5 N–H and O–H groups in total. The second kappa shape index (κ2) is 10.3. The lowest BCUT2D eigenvalue weighted by atomic mass is 9.97. The van der Waals surface area contributed by atoms with E-state index in [4.69, 9.17) is 16.2 Å². The van der Waals surface area contributed by atoms with Crippen LogP contribution in [-0.4, -0.2) is 60.1 Å². The number of carbonyl (C=O) groups is 2. The summed E-state index contributed by atoms with van der Waals surface area (Å²) in [5, 5.41) is 10.0. The van der Waals surface area contributed by atoms with Gasteiger partial charge < -0.3 is 21.1 Å². The number of piperidine rings is 1. The van der Waals surface area contributed by atoms with Crippen molar-refractivity contribution in [1.29, 1.82) is 0 Å². The molecule has 1 saturated heterocycles. The average Bonchev–Trinajstić information content (AvgIpc) is 2.56. The third kappa shape index (κ3) is 7.23. The first-order valence-corrected chi connectivity index (χ1v) is 8.26. The molecule has 1 aliphatic heterocycles. The molecule has 1 rings (SSSR count). The highest BCUT2D eigenvalue weighted by Gasteiger charge is 2.33. The predicted molar refractivity (Wildman–Crippen MR) is 89.8 cm³/mol. The third-order valence-electron chi connectivity index (χ3n) is 3.86. The number of nitrogens with one attached hydrogen (secondary N) is 1. The molecule has 0 aromatic rings. The largest absolute Gasteiger partial charge is 0.466 e. The number of esters is 1. The number of guanidine groups is 1. The van der Waals surface area contributed by atoms with Gasteiger partial charge in [-0.3, -0.25) is 14.6 Å². The monoisotopic (exact) mass is 358 g/mol. The predicted octanol–water partition coefficient (Wildman–Crippen LogP) is -1.01. The van der Waals surface area contributed by atoms with Crippen molar-refractivity contribution in [2.75, 3.05) is 26.2 Å². The first-order chi connectivity index (χ1) is 11.8. The van der Waals surface area contributed by atoms with Gasteiger partial charge in [0.05, 0.1) is 12.5 Å². The summed E-state index contributed by atoms with van der Waals surface area (Å²) in [7, 11) is 0.